The van der Waals surface area contributed by atoms with Crippen LogP contribution in [0.15, 0.2) is 91.4 Å². The van der Waals surface area contributed by atoms with Crippen molar-refractivity contribution in [1.82, 2.24) is 19.5 Å². The minimum absolute atomic E-state index is 0.0473. The van der Waals surface area contributed by atoms with Gasteiger partial charge in [0.05, 0.1) is 18.0 Å². The maximum atomic E-state index is 13.6. The number of amides is 1. The zero-order valence-corrected chi connectivity index (χ0v) is 19.2. The van der Waals surface area contributed by atoms with E-state index < -0.39 is 72.1 Å². The molecule has 0 radical (unpaired) electrons. The molecule has 3 heterocycles. The third kappa shape index (κ3) is 5.15. The number of pyridine rings is 1. The monoisotopic (exact) mass is 486 g/mol. The van der Waals surface area contributed by atoms with E-state index in [2.05, 4.69) is 25.6 Å². The lowest BCUT2D eigenvalue weighted by Crippen LogP contribution is -2.13. The van der Waals surface area contributed by atoms with E-state index in [1.807, 2.05) is 0 Å². The predicted molar refractivity (Wildman–Crippen MR) is 143 cm³/mol. The van der Waals surface area contributed by atoms with Crippen LogP contribution in [-0.2, 0) is 0 Å². The van der Waals surface area contributed by atoms with Crippen LogP contribution in [0, 0.1) is 20.7 Å². The summed E-state index contributed by atoms with van der Waals surface area (Å²) in [6.07, 6.45) is 0.237. The second kappa shape index (κ2) is 9.84. The van der Waals surface area contributed by atoms with E-state index in [1.165, 1.54) is 29.0 Å². The Morgan fingerprint density at radius 2 is 2.03 bits per heavy atom. The van der Waals surface area contributed by atoms with Crippen LogP contribution >= 0.6 is 0 Å². The van der Waals surface area contributed by atoms with Crippen LogP contribution < -0.4 is 10.6 Å². The summed E-state index contributed by atoms with van der Waals surface area (Å²) in [5.41, 5.74) is -0.395. The van der Waals surface area contributed by atoms with Crippen molar-refractivity contribution in [1.29, 1.82) is 0 Å². The molecule has 5 aromatic rings. The summed E-state index contributed by atoms with van der Waals surface area (Å²) >= 11 is 0. The lowest BCUT2D eigenvalue weighted by Gasteiger charge is -2.13. The summed E-state index contributed by atoms with van der Waals surface area (Å²) in [7, 11) is 0. The molecule has 2 N–H and O–H groups in total. The predicted octanol–water partition coefficient (Wildman–Crippen LogP) is 6.25. The number of nitrogens with zero attached hydrogens (tertiary/aromatic N) is 4. The first-order chi connectivity index (χ1) is 22.4. The molecule has 0 aliphatic carbocycles. The molecule has 0 bridgehead atoms. The number of aryl methyl sites for hydroxylation is 2. The fraction of sp³-hybridized carbons (Fsp3) is 0.103. The van der Waals surface area contributed by atoms with Crippen molar-refractivity contribution in [2.24, 2.45) is 0 Å². The van der Waals surface area contributed by atoms with Crippen LogP contribution in [0.3, 0.4) is 0 Å². The molecule has 0 fully saturated rings. The number of hydrogen-bond acceptors (Lipinski definition) is 5. The number of rotatable bonds is 6. The van der Waals surface area contributed by atoms with Crippen LogP contribution in [0.4, 0.5) is 17.3 Å². The topological polar surface area (TPSA) is 84.7 Å². The van der Waals surface area contributed by atoms with Gasteiger partial charge in [0.1, 0.15) is 0 Å². The number of carbonyl (C=O) groups is 1. The van der Waals surface area contributed by atoms with Crippen LogP contribution in [-0.4, -0.2) is 25.4 Å². The van der Waals surface area contributed by atoms with E-state index in [1.54, 1.807) is 26.0 Å². The molecular formula is C29H26N6O. The number of carbonyl (C=O) groups excluding carboxylic acids is 1. The molecule has 0 saturated heterocycles. The van der Waals surface area contributed by atoms with Crippen molar-refractivity contribution in [3.05, 3.63) is 114 Å². The van der Waals surface area contributed by atoms with Gasteiger partial charge in [-0.2, -0.15) is 0 Å². The fourth-order valence-corrected chi connectivity index (χ4v) is 3.33. The second-order valence-corrected chi connectivity index (χ2v) is 7.77. The molecule has 2 aromatic carbocycles. The van der Waals surface area contributed by atoms with Gasteiger partial charge in [-0.05, 0) is 91.9 Å². The van der Waals surface area contributed by atoms with Crippen LogP contribution in [0.25, 0.3) is 16.9 Å². The summed E-state index contributed by atoms with van der Waals surface area (Å²) in [6.45, 7) is 0.388. The molecule has 0 atom stereocenters. The average Bonchev–Trinajstić information content (AvgIpc) is 3.24. The summed E-state index contributed by atoms with van der Waals surface area (Å²) in [5, 5.41) is 5.17. The quantitative estimate of drug-likeness (QED) is 0.296. The maximum absolute atomic E-state index is 13.6. The van der Waals surface area contributed by atoms with Gasteiger partial charge in [0.25, 0.3) is 5.91 Å². The van der Waals surface area contributed by atoms with Gasteiger partial charge in [0.2, 0.25) is 5.95 Å². The first-order valence-corrected chi connectivity index (χ1v) is 10.7. The molecule has 3 aromatic heterocycles. The van der Waals surface area contributed by atoms with Gasteiger partial charge >= 0.3 is 0 Å². The zero-order chi connectivity index (χ0) is 35.4. The molecule has 0 aliphatic rings. The van der Waals surface area contributed by atoms with Gasteiger partial charge in [-0.25, -0.2) is 9.97 Å². The lowest BCUT2D eigenvalue weighted by atomic mass is 10.1. The minimum Gasteiger partial charge on any atom is -0.324 e. The summed E-state index contributed by atoms with van der Waals surface area (Å²) in [6, 6.07) is 4.15. The van der Waals surface area contributed by atoms with Crippen LogP contribution in [0.5, 0.6) is 0 Å². The molecule has 0 saturated carbocycles. The van der Waals surface area contributed by atoms with E-state index in [4.69, 9.17) is 16.4 Å². The van der Waals surface area contributed by atoms with Crippen molar-refractivity contribution < 1.29 is 21.2 Å². The van der Waals surface area contributed by atoms with Gasteiger partial charge in [0, 0.05) is 63.2 Å². The Morgan fingerprint density at radius 1 is 1.11 bits per heavy atom. The molecule has 7 heteroatoms. The molecule has 0 unspecified atom stereocenters. The molecule has 5 rings (SSSR count). The number of anilines is 3. The number of benzene rings is 2. The van der Waals surface area contributed by atoms with Crippen molar-refractivity contribution in [2.45, 2.75) is 20.7 Å². The number of hydrogen-bond donors (Lipinski definition) is 2. The van der Waals surface area contributed by atoms with Crippen molar-refractivity contribution in [3.8, 4) is 16.9 Å². The molecule has 0 aliphatic heterocycles. The van der Waals surface area contributed by atoms with E-state index in [0.717, 1.165) is 0 Å². The first-order valence-electron chi connectivity index (χ1n) is 16.7. The third-order valence-corrected chi connectivity index (χ3v) is 4.93. The van der Waals surface area contributed by atoms with Gasteiger partial charge in [0.15, 0.2) is 0 Å². The highest BCUT2D eigenvalue weighted by atomic mass is 16.1. The molecule has 178 valence electrons. The van der Waals surface area contributed by atoms with E-state index in [-0.39, 0.29) is 35.2 Å². The molecule has 36 heavy (non-hydrogen) atoms. The molecule has 1 amide bonds. The summed E-state index contributed by atoms with van der Waals surface area (Å²) in [4.78, 5) is 25.5. The smallest absolute Gasteiger partial charge is 0.255 e. The van der Waals surface area contributed by atoms with Gasteiger partial charge in [-0.1, -0.05) is 6.04 Å². The van der Waals surface area contributed by atoms with Crippen LogP contribution in [0.2, 0.25) is 0 Å². The molecule has 7 nitrogen and oxygen atoms in total. The Kier molecular flexibility index (Phi) is 3.49. The van der Waals surface area contributed by atoms with Gasteiger partial charge < -0.3 is 15.2 Å². The highest BCUT2D eigenvalue weighted by Gasteiger charge is 2.12. The Balaban J connectivity index is 1.59. The Bertz CT molecular complexity index is 2130. The largest absolute Gasteiger partial charge is 0.324 e. The molecular weight excluding hydrogens is 448 g/mol. The van der Waals surface area contributed by atoms with Crippen molar-refractivity contribution in [3.63, 3.8) is 0 Å². The van der Waals surface area contributed by atoms with E-state index in [0.29, 0.717) is 16.8 Å². The normalized spacial score (nSPS) is 15.8. The van der Waals surface area contributed by atoms with Gasteiger partial charge in [-0.3, -0.25) is 9.78 Å². The Labute approximate surface area is 226 Å². The highest BCUT2D eigenvalue weighted by Crippen LogP contribution is 2.24. The Hall–Kier alpha value is -4.78. The third-order valence-electron chi connectivity index (χ3n) is 4.93. The van der Waals surface area contributed by atoms with Gasteiger partial charge in [-0.15, -0.1) is 0 Å². The maximum Gasteiger partial charge on any atom is 0.255 e. The van der Waals surface area contributed by atoms with E-state index >= 15 is 0 Å². The minimum atomic E-state index is -3.03. The summed E-state index contributed by atoms with van der Waals surface area (Å²) < 4.78 is 99.9. The number of nitrogens with one attached hydrogen (secondary N) is 2. The van der Waals surface area contributed by atoms with Crippen LogP contribution in [0.1, 0.15) is 43.5 Å². The lowest BCUT2D eigenvalue weighted by molar-refractivity contribution is 0.102. The summed E-state index contributed by atoms with van der Waals surface area (Å²) in [5.74, 6) is -1.36. The SMILES string of the molecule is [2H]c1nc([2H])c(-c2ccnc(Nc3c([2H])c(C(=O)Nc4cc(C)cc(-n5c([2H])cc(C)c5[2H])c4)c([2H])c([2H])c3C([2H])([2H])[2H])n2)c([2H])c1[2H]. The number of aromatic nitrogens is 4. The fourth-order valence-electron chi connectivity index (χ4n) is 3.33. The van der Waals surface area contributed by atoms with E-state index in [9.17, 15) is 4.79 Å². The first kappa shape index (κ1) is 12.8. The van der Waals surface area contributed by atoms with Crippen molar-refractivity contribution >= 4 is 23.2 Å². The standard InChI is InChI=1S/C29H26N6O/c1-19-9-12-35(18-19)25-14-20(2)13-24(16-25)32-28(36)22-7-6-21(3)27(15-22)34-29-31-11-8-26(33-29)23-5-4-10-30-17-23/h4-18H,1-3H3,(H,32,36)(H,31,33,34)/i3D3,4D,5D,6D,7D,10D,12D,15D,17D,18D. The average molecular weight is 487 g/mol. The molecule has 0 spiro atoms. The highest BCUT2D eigenvalue weighted by molar-refractivity contribution is 6.05. The second-order valence-electron chi connectivity index (χ2n) is 7.77. The Morgan fingerprint density at radius 3 is 2.86 bits per heavy atom. The zero-order valence-electron chi connectivity index (χ0n) is 31.2. The van der Waals surface area contributed by atoms with Crippen molar-refractivity contribution in [2.75, 3.05) is 10.6 Å².